The van der Waals surface area contributed by atoms with E-state index >= 15 is 0 Å². The molecule has 0 fully saturated rings. The predicted octanol–water partition coefficient (Wildman–Crippen LogP) is 5.85. The van der Waals surface area contributed by atoms with Crippen molar-refractivity contribution in [2.45, 2.75) is 13.1 Å². The highest BCUT2D eigenvalue weighted by molar-refractivity contribution is 5.97. The van der Waals surface area contributed by atoms with E-state index in [0.717, 1.165) is 5.56 Å². The minimum Gasteiger partial charge on any atom is -0.497 e. The molecule has 4 aromatic carbocycles. The number of nitrogen functional groups attached to an aromatic ring is 1. The van der Waals surface area contributed by atoms with Crippen molar-refractivity contribution in [3.8, 4) is 46.3 Å². The van der Waals surface area contributed by atoms with Gasteiger partial charge in [0, 0.05) is 41.9 Å². The van der Waals surface area contributed by atoms with Gasteiger partial charge in [-0.1, -0.05) is 0 Å². The second-order valence-electron chi connectivity index (χ2n) is 9.38. The van der Waals surface area contributed by atoms with Crippen molar-refractivity contribution in [1.29, 1.82) is 10.5 Å². The largest absolute Gasteiger partial charge is 0.497 e. The van der Waals surface area contributed by atoms with Crippen LogP contribution in [0.15, 0.2) is 60.7 Å². The molecule has 12 nitrogen and oxygen atoms in total. The number of nitro groups is 1. The van der Waals surface area contributed by atoms with Crippen molar-refractivity contribution in [3.05, 3.63) is 93.0 Å². The Labute approximate surface area is 254 Å². The molecule has 0 aliphatic heterocycles. The summed E-state index contributed by atoms with van der Waals surface area (Å²) in [4.78, 5) is 12.0. The molecule has 44 heavy (non-hydrogen) atoms. The lowest BCUT2D eigenvalue weighted by molar-refractivity contribution is -0.383. The summed E-state index contributed by atoms with van der Waals surface area (Å²) in [6.45, 7) is 0.437. The molecule has 0 aliphatic carbocycles. The van der Waals surface area contributed by atoms with Crippen molar-refractivity contribution in [2.75, 3.05) is 44.8 Å². The van der Waals surface area contributed by atoms with E-state index in [4.69, 9.17) is 24.7 Å². The molecular formula is C32H30N6O6. The van der Waals surface area contributed by atoms with Gasteiger partial charge in [-0.2, -0.15) is 10.5 Å². The van der Waals surface area contributed by atoms with E-state index in [0.29, 0.717) is 34.2 Å². The van der Waals surface area contributed by atoms with Gasteiger partial charge in [0.15, 0.2) is 0 Å². The summed E-state index contributed by atoms with van der Waals surface area (Å²) in [6.07, 6.45) is 0. The van der Waals surface area contributed by atoms with Crippen LogP contribution < -0.4 is 35.3 Å². The second-order valence-corrected chi connectivity index (χ2v) is 9.38. The number of nitro benzene ring substituents is 1. The normalized spacial score (nSPS) is 10.2. The van der Waals surface area contributed by atoms with E-state index in [2.05, 4.69) is 16.7 Å². The maximum atomic E-state index is 12.6. The van der Waals surface area contributed by atoms with E-state index in [1.165, 1.54) is 32.4 Å². The number of benzene rings is 4. The molecule has 0 aliphatic rings. The summed E-state index contributed by atoms with van der Waals surface area (Å²) < 4.78 is 21.4. The standard InChI is InChI=1S/C32H30N6O6/c1-41-23-9-5-21(27(13-23)43-3)17-36-25-11-7-19(15-33)29(31(25)35)30-20(16-34)8-12-26(32(30)38(39)40)37-18-22-6-10-24(42-2)14-28(22)44-4/h5-14,36-37H,17-18,35H2,1-4H3. The zero-order valence-corrected chi connectivity index (χ0v) is 24.6. The summed E-state index contributed by atoms with van der Waals surface area (Å²) in [6, 6.07) is 20.7. The van der Waals surface area contributed by atoms with Crippen molar-refractivity contribution in [2.24, 2.45) is 0 Å². The number of nitrogens with two attached hydrogens (primary N) is 1. The van der Waals surface area contributed by atoms with Crippen LogP contribution in [0.2, 0.25) is 0 Å². The molecule has 0 saturated heterocycles. The smallest absolute Gasteiger partial charge is 0.301 e. The molecule has 0 aromatic heterocycles. The summed E-state index contributed by atoms with van der Waals surface area (Å²) in [5.74, 6) is 2.33. The first-order valence-electron chi connectivity index (χ1n) is 13.2. The average molecular weight is 595 g/mol. The third-order valence-electron chi connectivity index (χ3n) is 7.02. The highest BCUT2D eigenvalue weighted by Crippen LogP contribution is 2.45. The van der Waals surface area contributed by atoms with Crippen LogP contribution in [0.4, 0.5) is 22.7 Å². The Bertz CT molecular complexity index is 1790. The molecule has 12 heteroatoms. The lowest BCUT2D eigenvalue weighted by Crippen LogP contribution is -2.09. The SMILES string of the molecule is COc1ccc(CNc2ccc(C#N)c(-c3c(C#N)ccc(NCc4ccc(OC)cc4OC)c3[N+](=O)[O-])c2N)c(OC)c1. The number of nitrogens with one attached hydrogen (secondary N) is 2. The Morgan fingerprint density at radius 3 is 1.66 bits per heavy atom. The number of nitriles is 2. The molecule has 4 rings (SSSR count). The molecule has 0 bridgehead atoms. The van der Waals surface area contributed by atoms with Gasteiger partial charge in [0.1, 0.15) is 34.8 Å². The zero-order chi connectivity index (χ0) is 31.8. The molecule has 0 saturated carbocycles. The molecule has 0 amide bonds. The first-order chi connectivity index (χ1) is 21.3. The number of hydrogen-bond donors (Lipinski definition) is 3. The fourth-order valence-electron chi connectivity index (χ4n) is 4.78. The number of methoxy groups -OCH3 is 4. The maximum Gasteiger partial charge on any atom is 0.301 e. The van der Waals surface area contributed by atoms with Gasteiger partial charge in [-0.3, -0.25) is 10.1 Å². The minimum atomic E-state index is -0.591. The van der Waals surface area contributed by atoms with Crippen LogP contribution in [-0.4, -0.2) is 33.4 Å². The van der Waals surface area contributed by atoms with Gasteiger partial charge in [-0.05, 0) is 48.5 Å². The molecular weight excluding hydrogens is 564 g/mol. The Hall–Kier alpha value is -6.14. The van der Waals surface area contributed by atoms with Crippen LogP contribution in [0.1, 0.15) is 22.3 Å². The quantitative estimate of drug-likeness (QED) is 0.102. The van der Waals surface area contributed by atoms with Crippen molar-refractivity contribution < 1.29 is 23.9 Å². The maximum absolute atomic E-state index is 12.6. The van der Waals surface area contributed by atoms with Crippen molar-refractivity contribution >= 4 is 22.7 Å². The van der Waals surface area contributed by atoms with Gasteiger partial charge in [0.2, 0.25) is 0 Å². The lowest BCUT2D eigenvalue weighted by Gasteiger charge is -2.18. The molecule has 224 valence electrons. The zero-order valence-electron chi connectivity index (χ0n) is 24.6. The highest BCUT2D eigenvalue weighted by Gasteiger charge is 2.29. The summed E-state index contributed by atoms with van der Waals surface area (Å²) in [5, 5.41) is 38.9. The van der Waals surface area contributed by atoms with E-state index in [1.54, 1.807) is 50.6 Å². The summed E-state index contributed by atoms with van der Waals surface area (Å²) in [5.41, 5.74) is 8.40. The topological polar surface area (TPSA) is 178 Å². The molecule has 4 aromatic rings. The number of anilines is 3. The van der Waals surface area contributed by atoms with Gasteiger partial charge >= 0.3 is 5.69 Å². The third kappa shape index (κ3) is 6.20. The number of rotatable bonds is 12. The highest BCUT2D eigenvalue weighted by atomic mass is 16.6. The minimum absolute atomic E-state index is 0.0125. The van der Waals surface area contributed by atoms with Gasteiger partial charge in [0.05, 0.1) is 67.5 Å². The number of ether oxygens (including phenoxy) is 4. The Morgan fingerprint density at radius 1 is 0.727 bits per heavy atom. The van der Waals surface area contributed by atoms with Crippen LogP contribution in [0.25, 0.3) is 11.1 Å². The van der Waals surface area contributed by atoms with E-state index in [1.807, 2.05) is 12.1 Å². The second kappa shape index (κ2) is 13.7. The fraction of sp³-hybridized carbons (Fsp3) is 0.188. The monoisotopic (exact) mass is 594 g/mol. The van der Waals surface area contributed by atoms with E-state index in [-0.39, 0.29) is 46.7 Å². The molecule has 0 atom stereocenters. The molecule has 0 spiro atoms. The molecule has 0 heterocycles. The summed E-state index contributed by atoms with van der Waals surface area (Å²) >= 11 is 0. The van der Waals surface area contributed by atoms with E-state index < -0.39 is 10.6 Å². The lowest BCUT2D eigenvalue weighted by atomic mass is 9.91. The predicted molar refractivity (Wildman–Crippen MR) is 166 cm³/mol. The average Bonchev–Trinajstić information content (AvgIpc) is 3.05. The number of nitrogens with zero attached hydrogens (tertiary/aromatic N) is 3. The van der Waals surface area contributed by atoms with E-state index in [9.17, 15) is 20.6 Å². The van der Waals surface area contributed by atoms with Crippen LogP contribution in [0.3, 0.4) is 0 Å². The first-order valence-corrected chi connectivity index (χ1v) is 13.2. The first kappa shape index (κ1) is 30.8. The molecule has 0 radical (unpaired) electrons. The van der Waals surface area contributed by atoms with Gasteiger partial charge in [-0.15, -0.1) is 0 Å². The third-order valence-corrected chi connectivity index (χ3v) is 7.02. The van der Waals surface area contributed by atoms with Gasteiger partial charge < -0.3 is 35.3 Å². The van der Waals surface area contributed by atoms with Crippen LogP contribution >= 0.6 is 0 Å². The Morgan fingerprint density at radius 2 is 1.20 bits per heavy atom. The van der Waals surface area contributed by atoms with Crippen molar-refractivity contribution in [1.82, 2.24) is 0 Å². The fourth-order valence-corrected chi connectivity index (χ4v) is 4.78. The van der Waals surface area contributed by atoms with Crippen molar-refractivity contribution in [3.63, 3.8) is 0 Å². The molecule has 4 N–H and O–H groups in total. The number of hydrogen-bond acceptors (Lipinski definition) is 11. The summed E-state index contributed by atoms with van der Waals surface area (Å²) in [7, 11) is 6.15. The van der Waals surface area contributed by atoms with Crippen LogP contribution in [0.5, 0.6) is 23.0 Å². The van der Waals surface area contributed by atoms with Gasteiger partial charge in [0.25, 0.3) is 0 Å². The Balaban J connectivity index is 1.79. The van der Waals surface area contributed by atoms with Crippen LogP contribution in [0, 0.1) is 32.8 Å². The molecule has 0 unspecified atom stereocenters. The van der Waals surface area contributed by atoms with Gasteiger partial charge in [-0.25, -0.2) is 0 Å². The van der Waals surface area contributed by atoms with Crippen LogP contribution in [-0.2, 0) is 13.1 Å². The Kier molecular flexibility index (Phi) is 9.58.